The number of aromatic nitrogens is 2. The van der Waals surface area contributed by atoms with Gasteiger partial charge in [-0.2, -0.15) is 5.10 Å². The van der Waals surface area contributed by atoms with Crippen LogP contribution in [0.2, 0.25) is 0 Å². The molecule has 1 rings (SSSR count). The number of aromatic amines is 1. The number of nitrogens with two attached hydrogens (primary N) is 1. The Morgan fingerprint density at radius 3 is 2.81 bits per heavy atom. The summed E-state index contributed by atoms with van der Waals surface area (Å²) in [4.78, 5) is 13.5. The minimum atomic E-state index is -0.406. The first kappa shape index (κ1) is 12.7. The highest BCUT2D eigenvalue weighted by Gasteiger charge is 2.19. The van der Waals surface area contributed by atoms with Crippen molar-refractivity contribution in [2.24, 2.45) is 11.7 Å². The summed E-state index contributed by atoms with van der Waals surface area (Å²) in [6, 6.07) is -0.406. The van der Waals surface area contributed by atoms with Gasteiger partial charge in [-0.3, -0.25) is 9.89 Å². The molecule has 0 spiro atoms. The van der Waals surface area contributed by atoms with E-state index in [9.17, 15) is 4.79 Å². The quantitative estimate of drug-likeness (QED) is 0.774. The summed E-state index contributed by atoms with van der Waals surface area (Å²) in [5.41, 5.74) is 6.81. The maximum Gasteiger partial charge on any atom is 0.239 e. The van der Waals surface area contributed by atoms with Gasteiger partial charge >= 0.3 is 0 Å². The molecule has 0 aliphatic heterocycles. The van der Waals surface area contributed by atoms with Gasteiger partial charge in [-0.05, 0) is 12.3 Å². The Bertz CT molecular complexity index is 321. The van der Waals surface area contributed by atoms with E-state index in [2.05, 4.69) is 24.0 Å². The minimum absolute atomic E-state index is 0.0186. The first-order chi connectivity index (χ1) is 7.50. The predicted octanol–water partition coefficient (Wildman–Crippen LogP) is 0.741. The molecule has 1 amide bonds. The lowest BCUT2D eigenvalue weighted by Gasteiger charge is -2.21. The Morgan fingerprint density at radius 2 is 2.31 bits per heavy atom. The van der Waals surface area contributed by atoms with E-state index in [-0.39, 0.29) is 5.91 Å². The minimum Gasteiger partial charge on any atom is -0.340 e. The molecule has 0 aliphatic rings. The molecule has 0 saturated heterocycles. The lowest BCUT2D eigenvalue weighted by Crippen LogP contribution is -2.42. The molecule has 0 saturated carbocycles. The summed E-state index contributed by atoms with van der Waals surface area (Å²) in [6.07, 6.45) is 4.20. The maximum atomic E-state index is 11.9. The SMILES string of the molecule is CC(C)C[C@H](N)C(=O)N(C)Cc1cn[nH]c1. The van der Waals surface area contributed by atoms with Crippen LogP contribution in [0.25, 0.3) is 0 Å². The van der Waals surface area contributed by atoms with Crippen molar-refractivity contribution in [2.75, 3.05) is 7.05 Å². The number of carbonyl (C=O) groups excluding carboxylic acids is 1. The third kappa shape index (κ3) is 3.66. The molecule has 0 aliphatic carbocycles. The Balaban J connectivity index is 2.47. The molecule has 90 valence electrons. The Hall–Kier alpha value is -1.36. The number of H-pyrrole nitrogens is 1. The fraction of sp³-hybridized carbons (Fsp3) is 0.636. The molecular formula is C11H20N4O. The smallest absolute Gasteiger partial charge is 0.239 e. The lowest BCUT2D eigenvalue weighted by molar-refractivity contribution is -0.132. The highest BCUT2D eigenvalue weighted by molar-refractivity contribution is 5.81. The Morgan fingerprint density at radius 1 is 1.62 bits per heavy atom. The van der Waals surface area contributed by atoms with Crippen molar-refractivity contribution < 1.29 is 4.79 Å². The van der Waals surface area contributed by atoms with Gasteiger partial charge in [0.15, 0.2) is 0 Å². The van der Waals surface area contributed by atoms with Crippen LogP contribution in [0.15, 0.2) is 12.4 Å². The van der Waals surface area contributed by atoms with Gasteiger partial charge in [0, 0.05) is 25.4 Å². The van der Waals surface area contributed by atoms with Gasteiger partial charge in [0.1, 0.15) is 0 Å². The number of nitrogens with zero attached hydrogens (tertiary/aromatic N) is 2. The summed E-state index contributed by atoms with van der Waals surface area (Å²) in [7, 11) is 1.76. The van der Waals surface area contributed by atoms with E-state index < -0.39 is 6.04 Å². The molecular weight excluding hydrogens is 204 g/mol. The molecule has 5 nitrogen and oxygen atoms in total. The number of likely N-dealkylation sites (N-methyl/N-ethyl adjacent to an activating group) is 1. The molecule has 1 atom stereocenters. The fourth-order valence-corrected chi connectivity index (χ4v) is 1.61. The van der Waals surface area contributed by atoms with Crippen LogP contribution in [0.4, 0.5) is 0 Å². The van der Waals surface area contributed by atoms with Crippen molar-refractivity contribution in [1.29, 1.82) is 0 Å². The van der Waals surface area contributed by atoms with E-state index in [1.165, 1.54) is 0 Å². The topological polar surface area (TPSA) is 75.0 Å². The molecule has 1 aromatic rings. The lowest BCUT2D eigenvalue weighted by atomic mass is 10.0. The first-order valence-electron chi connectivity index (χ1n) is 5.49. The van der Waals surface area contributed by atoms with Crippen LogP contribution in [-0.2, 0) is 11.3 Å². The molecule has 0 aromatic carbocycles. The normalized spacial score (nSPS) is 12.8. The van der Waals surface area contributed by atoms with Gasteiger partial charge in [-0.25, -0.2) is 0 Å². The highest BCUT2D eigenvalue weighted by Crippen LogP contribution is 2.07. The van der Waals surface area contributed by atoms with Crippen LogP contribution in [0.5, 0.6) is 0 Å². The number of nitrogens with one attached hydrogen (secondary N) is 1. The molecule has 3 N–H and O–H groups in total. The number of hydrogen-bond donors (Lipinski definition) is 2. The predicted molar refractivity (Wildman–Crippen MR) is 62.5 cm³/mol. The van der Waals surface area contributed by atoms with Gasteiger partial charge in [-0.1, -0.05) is 13.8 Å². The second-order valence-electron chi connectivity index (χ2n) is 4.54. The molecule has 0 radical (unpaired) electrons. The van der Waals surface area contributed by atoms with Gasteiger partial charge in [0.25, 0.3) is 0 Å². The van der Waals surface area contributed by atoms with Crippen LogP contribution >= 0.6 is 0 Å². The van der Waals surface area contributed by atoms with Crippen molar-refractivity contribution in [2.45, 2.75) is 32.9 Å². The van der Waals surface area contributed by atoms with Crippen molar-refractivity contribution in [3.05, 3.63) is 18.0 Å². The average molecular weight is 224 g/mol. The summed E-state index contributed by atoms with van der Waals surface area (Å²) >= 11 is 0. The van der Waals surface area contributed by atoms with Crippen molar-refractivity contribution in [1.82, 2.24) is 15.1 Å². The van der Waals surface area contributed by atoms with Crippen molar-refractivity contribution in [3.63, 3.8) is 0 Å². The standard InChI is InChI=1S/C11H20N4O/c1-8(2)4-10(12)11(16)15(3)7-9-5-13-14-6-9/h5-6,8,10H,4,7,12H2,1-3H3,(H,13,14)/t10-/m0/s1. The average Bonchev–Trinajstić information content (AvgIpc) is 2.68. The zero-order valence-electron chi connectivity index (χ0n) is 10.1. The van der Waals surface area contributed by atoms with Gasteiger partial charge in [-0.15, -0.1) is 0 Å². The molecule has 0 unspecified atom stereocenters. The second kappa shape index (κ2) is 5.65. The summed E-state index contributed by atoms with van der Waals surface area (Å²) in [5, 5.41) is 6.55. The zero-order valence-corrected chi connectivity index (χ0v) is 10.1. The van der Waals surface area contributed by atoms with E-state index in [4.69, 9.17) is 5.73 Å². The second-order valence-corrected chi connectivity index (χ2v) is 4.54. The maximum absolute atomic E-state index is 11.9. The third-order valence-electron chi connectivity index (χ3n) is 2.39. The Kier molecular flexibility index (Phi) is 4.49. The number of hydrogen-bond acceptors (Lipinski definition) is 3. The first-order valence-corrected chi connectivity index (χ1v) is 5.49. The van der Waals surface area contributed by atoms with Gasteiger partial charge in [0.05, 0.1) is 12.2 Å². The summed E-state index contributed by atoms with van der Waals surface area (Å²) in [5.74, 6) is 0.413. The summed E-state index contributed by atoms with van der Waals surface area (Å²) < 4.78 is 0. The van der Waals surface area contributed by atoms with Crippen LogP contribution < -0.4 is 5.73 Å². The van der Waals surface area contributed by atoms with Crippen LogP contribution in [0, 0.1) is 5.92 Å². The summed E-state index contributed by atoms with van der Waals surface area (Å²) in [6.45, 7) is 4.66. The fourth-order valence-electron chi connectivity index (χ4n) is 1.61. The van der Waals surface area contributed by atoms with Crippen molar-refractivity contribution in [3.8, 4) is 0 Å². The number of rotatable bonds is 5. The van der Waals surface area contributed by atoms with Gasteiger partial charge in [0.2, 0.25) is 5.91 Å². The molecule has 1 aromatic heterocycles. The van der Waals surface area contributed by atoms with Crippen LogP contribution in [0.3, 0.4) is 0 Å². The molecule has 5 heteroatoms. The van der Waals surface area contributed by atoms with E-state index in [0.717, 1.165) is 5.56 Å². The number of amides is 1. The van der Waals surface area contributed by atoms with Crippen LogP contribution in [-0.4, -0.2) is 34.1 Å². The molecule has 1 heterocycles. The van der Waals surface area contributed by atoms with Crippen molar-refractivity contribution >= 4 is 5.91 Å². The van der Waals surface area contributed by atoms with E-state index in [0.29, 0.717) is 18.9 Å². The van der Waals surface area contributed by atoms with E-state index in [1.807, 2.05) is 0 Å². The molecule has 16 heavy (non-hydrogen) atoms. The van der Waals surface area contributed by atoms with E-state index >= 15 is 0 Å². The molecule has 0 bridgehead atoms. The Labute approximate surface area is 96.0 Å². The van der Waals surface area contributed by atoms with E-state index in [1.54, 1.807) is 24.3 Å². The largest absolute Gasteiger partial charge is 0.340 e. The highest BCUT2D eigenvalue weighted by atomic mass is 16.2. The zero-order chi connectivity index (χ0) is 12.1. The third-order valence-corrected chi connectivity index (χ3v) is 2.39. The molecule has 0 fully saturated rings. The monoisotopic (exact) mass is 224 g/mol. The van der Waals surface area contributed by atoms with Gasteiger partial charge < -0.3 is 10.6 Å². The van der Waals surface area contributed by atoms with Crippen LogP contribution in [0.1, 0.15) is 25.8 Å². The number of carbonyl (C=O) groups is 1.